The molecule has 1 heterocycles. The summed E-state index contributed by atoms with van der Waals surface area (Å²) >= 11 is 11.9. The van der Waals surface area contributed by atoms with Gasteiger partial charge in [-0.1, -0.05) is 29.3 Å². The Kier molecular flexibility index (Phi) is 6.31. The summed E-state index contributed by atoms with van der Waals surface area (Å²) in [6.07, 6.45) is 2.28. The van der Waals surface area contributed by atoms with Crippen molar-refractivity contribution in [3.63, 3.8) is 0 Å². The van der Waals surface area contributed by atoms with Crippen molar-refractivity contribution < 1.29 is 9.21 Å². The zero-order valence-electron chi connectivity index (χ0n) is 12.2. The van der Waals surface area contributed by atoms with Crippen LogP contribution in [0.5, 0.6) is 0 Å². The van der Waals surface area contributed by atoms with E-state index in [-0.39, 0.29) is 18.5 Å². The summed E-state index contributed by atoms with van der Waals surface area (Å²) in [7, 11) is 0. The van der Waals surface area contributed by atoms with Gasteiger partial charge in [-0.3, -0.25) is 10.1 Å². The molecule has 1 amide bonds. The van der Waals surface area contributed by atoms with Crippen LogP contribution in [0.3, 0.4) is 0 Å². The lowest BCUT2D eigenvalue weighted by atomic mass is 10.1. The van der Waals surface area contributed by atoms with Crippen LogP contribution in [-0.4, -0.2) is 19.0 Å². The van der Waals surface area contributed by atoms with E-state index in [1.807, 2.05) is 25.1 Å². The van der Waals surface area contributed by atoms with Crippen molar-refractivity contribution in [1.82, 2.24) is 10.6 Å². The highest BCUT2D eigenvalue weighted by molar-refractivity contribution is 6.35. The molecule has 22 heavy (non-hydrogen) atoms. The molecule has 0 saturated heterocycles. The lowest BCUT2D eigenvalue weighted by molar-refractivity contribution is -0.120. The number of benzene rings is 1. The van der Waals surface area contributed by atoms with E-state index in [1.54, 1.807) is 18.4 Å². The molecule has 2 rings (SSSR count). The van der Waals surface area contributed by atoms with Gasteiger partial charge in [0.05, 0.1) is 18.8 Å². The Balaban J connectivity index is 1.69. The maximum Gasteiger partial charge on any atom is 0.233 e. The van der Waals surface area contributed by atoms with E-state index in [2.05, 4.69) is 10.6 Å². The Morgan fingerprint density at radius 3 is 2.82 bits per heavy atom. The number of hydrogen-bond acceptors (Lipinski definition) is 3. The van der Waals surface area contributed by atoms with Gasteiger partial charge in [-0.15, -0.1) is 0 Å². The first kappa shape index (κ1) is 16.9. The topological polar surface area (TPSA) is 54.3 Å². The summed E-state index contributed by atoms with van der Waals surface area (Å²) in [5.74, 6) is 0.740. The SMILES string of the molecule is C[C@H](NCC(=O)NCCc1ccc(Cl)cc1Cl)c1ccco1. The quantitative estimate of drug-likeness (QED) is 0.809. The number of furan rings is 1. The molecule has 6 heteroatoms. The summed E-state index contributed by atoms with van der Waals surface area (Å²) in [5, 5.41) is 7.18. The van der Waals surface area contributed by atoms with Gasteiger partial charge >= 0.3 is 0 Å². The first-order valence-electron chi connectivity index (χ1n) is 7.03. The van der Waals surface area contributed by atoms with Crippen LogP contribution in [0.15, 0.2) is 41.0 Å². The van der Waals surface area contributed by atoms with E-state index >= 15 is 0 Å². The van der Waals surface area contributed by atoms with Gasteiger partial charge < -0.3 is 9.73 Å². The van der Waals surface area contributed by atoms with E-state index < -0.39 is 0 Å². The van der Waals surface area contributed by atoms with Gasteiger partial charge in [0.25, 0.3) is 0 Å². The maximum atomic E-state index is 11.8. The fraction of sp³-hybridized carbons (Fsp3) is 0.312. The van der Waals surface area contributed by atoms with E-state index in [0.717, 1.165) is 11.3 Å². The molecule has 0 bridgehead atoms. The number of halogens is 2. The standard InChI is InChI=1S/C16H18Cl2N2O2/c1-11(15-3-2-8-22-15)20-10-16(21)19-7-6-12-4-5-13(17)9-14(12)18/h2-5,8-9,11,20H,6-7,10H2,1H3,(H,19,21)/t11-/m0/s1. The van der Waals surface area contributed by atoms with Gasteiger partial charge in [0.15, 0.2) is 0 Å². The summed E-state index contributed by atoms with van der Waals surface area (Å²) in [5.41, 5.74) is 0.961. The Hall–Kier alpha value is -1.49. The molecule has 1 aromatic carbocycles. The summed E-state index contributed by atoms with van der Waals surface area (Å²) in [6, 6.07) is 9.05. The second kappa shape index (κ2) is 8.22. The summed E-state index contributed by atoms with van der Waals surface area (Å²) in [4.78, 5) is 11.8. The Labute approximate surface area is 139 Å². The van der Waals surface area contributed by atoms with Crippen LogP contribution in [0, 0.1) is 0 Å². The van der Waals surface area contributed by atoms with Crippen LogP contribution in [0.4, 0.5) is 0 Å². The van der Waals surface area contributed by atoms with Crippen LogP contribution in [0.2, 0.25) is 10.0 Å². The molecule has 0 fully saturated rings. The third-order valence-corrected chi connectivity index (χ3v) is 3.86. The molecule has 118 valence electrons. The van der Waals surface area contributed by atoms with E-state index in [1.165, 1.54) is 0 Å². The van der Waals surface area contributed by atoms with Crippen molar-refractivity contribution in [2.24, 2.45) is 0 Å². The highest BCUT2D eigenvalue weighted by Gasteiger charge is 2.09. The average molecular weight is 341 g/mol. The highest BCUT2D eigenvalue weighted by atomic mass is 35.5. The summed E-state index contributed by atoms with van der Waals surface area (Å²) < 4.78 is 5.27. The third-order valence-electron chi connectivity index (χ3n) is 3.27. The molecule has 2 N–H and O–H groups in total. The Morgan fingerprint density at radius 1 is 1.32 bits per heavy atom. The van der Waals surface area contributed by atoms with Crippen molar-refractivity contribution in [1.29, 1.82) is 0 Å². The van der Waals surface area contributed by atoms with Crippen LogP contribution in [-0.2, 0) is 11.2 Å². The first-order valence-corrected chi connectivity index (χ1v) is 7.79. The second-order valence-corrected chi connectivity index (χ2v) is 5.80. The monoisotopic (exact) mass is 340 g/mol. The minimum Gasteiger partial charge on any atom is -0.468 e. The smallest absolute Gasteiger partial charge is 0.233 e. The largest absolute Gasteiger partial charge is 0.468 e. The van der Waals surface area contributed by atoms with Crippen LogP contribution in [0.1, 0.15) is 24.3 Å². The maximum absolute atomic E-state index is 11.8. The van der Waals surface area contributed by atoms with Crippen molar-refractivity contribution >= 4 is 29.1 Å². The third kappa shape index (κ3) is 5.05. The first-order chi connectivity index (χ1) is 10.6. The van der Waals surface area contributed by atoms with Gasteiger partial charge in [0.1, 0.15) is 5.76 Å². The number of amides is 1. The van der Waals surface area contributed by atoms with Crippen molar-refractivity contribution in [3.05, 3.63) is 58.0 Å². The van der Waals surface area contributed by atoms with Crippen molar-refractivity contribution in [3.8, 4) is 0 Å². The van der Waals surface area contributed by atoms with Crippen LogP contribution < -0.4 is 10.6 Å². The number of hydrogen-bond donors (Lipinski definition) is 2. The molecule has 0 spiro atoms. The van der Waals surface area contributed by atoms with E-state index in [9.17, 15) is 4.79 Å². The van der Waals surface area contributed by atoms with Gasteiger partial charge in [-0.2, -0.15) is 0 Å². The molecule has 0 saturated carbocycles. The fourth-order valence-electron chi connectivity index (χ4n) is 2.01. The van der Waals surface area contributed by atoms with Gasteiger partial charge in [0, 0.05) is 16.6 Å². The van der Waals surface area contributed by atoms with E-state index in [4.69, 9.17) is 27.6 Å². The zero-order chi connectivity index (χ0) is 15.9. The van der Waals surface area contributed by atoms with Gasteiger partial charge in [-0.05, 0) is 43.2 Å². The normalized spacial score (nSPS) is 12.1. The average Bonchev–Trinajstić information content (AvgIpc) is 3.01. The predicted molar refractivity (Wildman–Crippen MR) is 88.3 cm³/mol. The molecule has 0 aliphatic rings. The Bertz CT molecular complexity index is 615. The number of nitrogens with one attached hydrogen (secondary N) is 2. The van der Waals surface area contributed by atoms with Crippen molar-refractivity contribution in [2.45, 2.75) is 19.4 Å². The summed E-state index contributed by atoms with van der Waals surface area (Å²) in [6.45, 7) is 2.70. The Morgan fingerprint density at radius 2 is 2.14 bits per heavy atom. The molecule has 1 aromatic heterocycles. The molecule has 2 aromatic rings. The number of carbonyl (C=O) groups is 1. The number of rotatable bonds is 7. The molecular weight excluding hydrogens is 323 g/mol. The lowest BCUT2D eigenvalue weighted by Gasteiger charge is -2.11. The zero-order valence-corrected chi connectivity index (χ0v) is 13.7. The van der Waals surface area contributed by atoms with Gasteiger partial charge in [-0.25, -0.2) is 0 Å². The molecule has 0 aliphatic heterocycles. The van der Waals surface area contributed by atoms with E-state index in [0.29, 0.717) is 23.0 Å². The molecular formula is C16H18Cl2N2O2. The molecule has 0 aliphatic carbocycles. The second-order valence-electron chi connectivity index (χ2n) is 4.95. The number of carbonyl (C=O) groups excluding carboxylic acids is 1. The van der Waals surface area contributed by atoms with Gasteiger partial charge in [0.2, 0.25) is 5.91 Å². The fourth-order valence-corrected chi connectivity index (χ4v) is 2.51. The molecule has 0 radical (unpaired) electrons. The van der Waals surface area contributed by atoms with Crippen molar-refractivity contribution in [2.75, 3.05) is 13.1 Å². The predicted octanol–water partition coefficient (Wildman–Crippen LogP) is 3.60. The highest BCUT2D eigenvalue weighted by Crippen LogP contribution is 2.21. The van der Waals surface area contributed by atoms with Crippen LogP contribution >= 0.6 is 23.2 Å². The molecule has 0 unspecified atom stereocenters. The minimum atomic E-state index is -0.0662. The molecule has 4 nitrogen and oxygen atoms in total. The molecule has 1 atom stereocenters. The van der Waals surface area contributed by atoms with Crippen LogP contribution in [0.25, 0.3) is 0 Å². The minimum absolute atomic E-state index is 0.00791. The lowest BCUT2D eigenvalue weighted by Crippen LogP contribution is -2.35.